The van der Waals surface area contributed by atoms with E-state index >= 15 is 0 Å². The quantitative estimate of drug-likeness (QED) is 0.234. The molecule has 0 heterocycles. The van der Waals surface area contributed by atoms with Crippen molar-refractivity contribution in [3.8, 4) is 5.75 Å². The van der Waals surface area contributed by atoms with Crippen molar-refractivity contribution >= 4 is 39.2 Å². The van der Waals surface area contributed by atoms with E-state index in [0.29, 0.717) is 5.39 Å². The highest BCUT2D eigenvalue weighted by Crippen LogP contribution is 2.42. The van der Waals surface area contributed by atoms with Crippen LogP contribution in [-0.2, 0) is 0 Å². The number of phenolic OH excluding ortho intramolecular Hbond substituents is 1. The van der Waals surface area contributed by atoms with Gasteiger partial charge >= 0.3 is 5.69 Å². The highest BCUT2D eigenvalue weighted by atomic mass is 16.6. The average molecular weight is 437 g/mol. The van der Waals surface area contributed by atoms with Gasteiger partial charge in [-0.15, -0.1) is 10.2 Å². The molecule has 0 aliphatic carbocycles. The Bertz CT molecular complexity index is 1190. The van der Waals surface area contributed by atoms with Crippen LogP contribution in [0.25, 0.3) is 10.8 Å². The summed E-state index contributed by atoms with van der Waals surface area (Å²) in [5, 5.41) is 42.6. The van der Waals surface area contributed by atoms with Crippen molar-refractivity contribution in [3.63, 3.8) is 0 Å². The van der Waals surface area contributed by atoms with Crippen LogP contribution in [0.1, 0.15) is 26.7 Å². The highest BCUT2D eigenvalue weighted by Gasteiger charge is 2.20. The first-order valence-electron chi connectivity index (χ1n) is 10.2. The third kappa shape index (κ3) is 4.64. The number of fused-ring (bicyclic) bond motifs is 1. The van der Waals surface area contributed by atoms with Crippen molar-refractivity contribution in [2.45, 2.75) is 26.7 Å². The summed E-state index contributed by atoms with van der Waals surface area (Å²) in [6.07, 6.45) is 1.89. The topological polar surface area (TPSA) is 134 Å². The number of hydrogen-bond acceptors (Lipinski definition) is 8. The second-order valence-electron chi connectivity index (χ2n) is 7.18. The number of non-ortho nitro benzene ring substituents is 1. The minimum absolute atomic E-state index is 0.107. The van der Waals surface area contributed by atoms with Gasteiger partial charge in [-0.2, -0.15) is 0 Å². The monoisotopic (exact) mass is 437 g/mol. The molecule has 0 bridgehead atoms. The molecule has 10 nitrogen and oxygen atoms in total. The fourth-order valence-corrected chi connectivity index (χ4v) is 3.55. The van der Waals surface area contributed by atoms with E-state index in [1.165, 1.54) is 0 Å². The molecule has 0 aliphatic heterocycles. The van der Waals surface area contributed by atoms with Crippen molar-refractivity contribution < 1.29 is 15.0 Å². The lowest BCUT2D eigenvalue weighted by molar-refractivity contribution is -0.393. The molecule has 0 amide bonds. The van der Waals surface area contributed by atoms with Gasteiger partial charge in [0.25, 0.3) is 5.69 Å². The molecule has 32 heavy (non-hydrogen) atoms. The van der Waals surface area contributed by atoms with Gasteiger partial charge in [-0.3, -0.25) is 20.2 Å². The lowest BCUT2D eigenvalue weighted by atomic mass is 10.0. The van der Waals surface area contributed by atoms with Gasteiger partial charge in [-0.05, 0) is 18.9 Å². The molecule has 3 aromatic carbocycles. The Balaban J connectivity index is 2.12. The molecule has 3 rings (SSSR count). The van der Waals surface area contributed by atoms with Crippen LogP contribution >= 0.6 is 0 Å². The van der Waals surface area contributed by atoms with Gasteiger partial charge in [0.2, 0.25) is 0 Å². The summed E-state index contributed by atoms with van der Waals surface area (Å²) >= 11 is 0. The van der Waals surface area contributed by atoms with E-state index in [-0.39, 0.29) is 17.1 Å². The summed E-state index contributed by atoms with van der Waals surface area (Å²) in [6, 6.07) is 12.2. The fraction of sp³-hybridized carbons (Fsp3) is 0.273. The molecule has 0 radical (unpaired) electrons. The van der Waals surface area contributed by atoms with E-state index in [2.05, 4.69) is 29.0 Å². The van der Waals surface area contributed by atoms with Crippen LogP contribution in [0.2, 0.25) is 0 Å². The standard InChI is InChI=1S/C22H23N5O5/c1-3-11-25(12-4-2)19-14-21(28)22(17-8-6-5-7-16(17)19)24-23-18-10-9-15(26(29)30)13-20(18)27(31)32/h5-10,13-14,28H,3-4,11-12H2,1-2H3. The Morgan fingerprint density at radius 1 is 0.906 bits per heavy atom. The molecule has 0 saturated carbocycles. The number of nitro benzene ring substituents is 2. The first-order chi connectivity index (χ1) is 15.4. The zero-order valence-electron chi connectivity index (χ0n) is 17.8. The molecule has 0 spiro atoms. The summed E-state index contributed by atoms with van der Waals surface area (Å²) in [7, 11) is 0. The van der Waals surface area contributed by atoms with E-state index < -0.39 is 21.2 Å². The van der Waals surface area contributed by atoms with Crippen molar-refractivity contribution in [1.29, 1.82) is 0 Å². The zero-order chi connectivity index (χ0) is 23.3. The third-order valence-corrected chi connectivity index (χ3v) is 4.93. The average Bonchev–Trinajstić information content (AvgIpc) is 2.77. The van der Waals surface area contributed by atoms with Gasteiger partial charge in [0.15, 0.2) is 5.69 Å². The van der Waals surface area contributed by atoms with Crippen LogP contribution in [0.15, 0.2) is 58.8 Å². The van der Waals surface area contributed by atoms with Crippen molar-refractivity contribution in [2.24, 2.45) is 10.2 Å². The molecule has 1 N–H and O–H groups in total. The van der Waals surface area contributed by atoms with E-state index in [9.17, 15) is 25.3 Å². The Morgan fingerprint density at radius 2 is 1.56 bits per heavy atom. The van der Waals surface area contributed by atoms with Gasteiger partial charge in [0.1, 0.15) is 11.4 Å². The van der Waals surface area contributed by atoms with Crippen molar-refractivity contribution in [2.75, 3.05) is 18.0 Å². The van der Waals surface area contributed by atoms with Crippen LogP contribution in [0.4, 0.5) is 28.4 Å². The fourth-order valence-electron chi connectivity index (χ4n) is 3.55. The molecule has 0 atom stereocenters. The predicted molar refractivity (Wildman–Crippen MR) is 122 cm³/mol. The van der Waals surface area contributed by atoms with Gasteiger partial charge in [0, 0.05) is 41.7 Å². The Hall–Kier alpha value is -4.08. The van der Waals surface area contributed by atoms with Gasteiger partial charge in [0.05, 0.1) is 15.9 Å². The number of hydrogen-bond donors (Lipinski definition) is 1. The Labute approximate surface area is 184 Å². The SMILES string of the molecule is CCCN(CCC)c1cc(O)c(N=Nc2ccc([N+](=O)[O-])cc2[N+](=O)[O-])c2ccccc12. The molecule has 0 aromatic heterocycles. The molecule has 166 valence electrons. The van der Waals surface area contributed by atoms with E-state index in [0.717, 1.165) is 55.2 Å². The smallest absolute Gasteiger partial charge is 0.303 e. The molecular weight excluding hydrogens is 414 g/mol. The molecule has 0 fully saturated rings. The number of phenols is 1. The van der Waals surface area contributed by atoms with Crippen molar-refractivity contribution in [1.82, 2.24) is 0 Å². The summed E-state index contributed by atoms with van der Waals surface area (Å²) < 4.78 is 0. The molecule has 0 saturated heterocycles. The van der Waals surface area contributed by atoms with Crippen LogP contribution < -0.4 is 4.90 Å². The van der Waals surface area contributed by atoms with E-state index in [1.54, 1.807) is 12.1 Å². The molecule has 3 aromatic rings. The number of nitrogens with zero attached hydrogens (tertiary/aromatic N) is 5. The number of rotatable bonds is 9. The predicted octanol–water partition coefficient (Wildman–Crippen LogP) is 6.40. The number of anilines is 1. The van der Waals surface area contributed by atoms with Gasteiger partial charge in [-0.1, -0.05) is 38.1 Å². The largest absolute Gasteiger partial charge is 0.506 e. The Kier molecular flexibility index (Phi) is 6.93. The second kappa shape index (κ2) is 9.82. The number of benzene rings is 3. The maximum absolute atomic E-state index is 11.4. The Morgan fingerprint density at radius 3 is 2.16 bits per heavy atom. The normalized spacial score (nSPS) is 11.2. The summed E-state index contributed by atoms with van der Waals surface area (Å²) in [6.45, 7) is 5.83. The van der Waals surface area contributed by atoms with Gasteiger partial charge < -0.3 is 10.0 Å². The van der Waals surface area contributed by atoms with Crippen LogP contribution in [0, 0.1) is 20.2 Å². The third-order valence-electron chi connectivity index (χ3n) is 4.93. The summed E-state index contributed by atoms with van der Waals surface area (Å²) in [5.74, 6) is -0.107. The minimum atomic E-state index is -0.754. The lowest BCUT2D eigenvalue weighted by Gasteiger charge is -2.26. The molecular formula is C22H23N5O5. The summed E-state index contributed by atoms with van der Waals surface area (Å²) in [5.41, 5.74) is -0.0561. The minimum Gasteiger partial charge on any atom is -0.506 e. The van der Waals surface area contributed by atoms with Crippen LogP contribution in [0.5, 0.6) is 5.75 Å². The molecule has 0 aliphatic rings. The highest BCUT2D eigenvalue weighted by molar-refractivity contribution is 6.03. The number of aromatic hydroxyl groups is 1. The first kappa shape index (κ1) is 22.6. The zero-order valence-corrected chi connectivity index (χ0v) is 17.8. The van der Waals surface area contributed by atoms with Gasteiger partial charge in [-0.25, -0.2) is 0 Å². The number of azo groups is 1. The van der Waals surface area contributed by atoms with E-state index in [1.807, 2.05) is 18.2 Å². The lowest BCUT2D eigenvalue weighted by Crippen LogP contribution is -2.25. The number of nitro groups is 2. The first-order valence-corrected chi connectivity index (χ1v) is 10.2. The van der Waals surface area contributed by atoms with Crippen LogP contribution in [0.3, 0.4) is 0 Å². The molecule has 0 unspecified atom stereocenters. The molecule has 10 heteroatoms. The van der Waals surface area contributed by atoms with Crippen LogP contribution in [-0.4, -0.2) is 28.0 Å². The van der Waals surface area contributed by atoms with Crippen molar-refractivity contribution in [3.05, 3.63) is 68.8 Å². The second-order valence-corrected chi connectivity index (χ2v) is 7.18. The summed E-state index contributed by atoms with van der Waals surface area (Å²) in [4.78, 5) is 23.0. The maximum atomic E-state index is 11.4. The van der Waals surface area contributed by atoms with E-state index in [4.69, 9.17) is 0 Å². The maximum Gasteiger partial charge on any atom is 0.303 e.